The summed E-state index contributed by atoms with van der Waals surface area (Å²) in [4.78, 5) is 21.3. The molecule has 2 aromatic heterocycles. The summed E-state index contributed by atoms with van der Waals surface area (Å²) in [6, 6.07) is 5.53. The van der Waals surface area contributed by atoms with Crippen molar-refractivity contribution in [2.24, 2.45) is 0 Å². The average molecular weight is 173 g/mol. The summed E-state index contributed by atoms with van der Waals surface area (Å²) in [5.74, 6) is 0. The number of rotatable bonds is 1. The highest BCUT2D eigenvalue weighted by atomic mass is 16.1. The van der Waals surface area contributed by atoms with E-state index in [0.29, 0.717) is 5.69 Å². The van der Waals surface area contributed by atoms with Gasteiger partial charge in [-0.3, -0.25) is 9.78 Å². The molecule has 0 unspecified atom stereocenters. The zero-order valence-electron chi connectivity index (χ0n) is 6.77. The second kappa shape index (κ2) is 3.18. The van der Waals surface area contributed by atoms with Gasteiger partial charge in [0.15, 0.2) is 0 Å². The predicted octanol–water partition coefficient (Wildman–Crippen LogP) is 0.832. The normalized spacial score (nSPS) is 9.85. The van der Waals surface area contributed by atoms with Crippen molar-refractivity contribution in [3.8, 4) is 11.4 Å². The lowest BCUT2D eigenvalue weighted by Gasteiger charge is -1.96. The van der Waals surface area contributed by atoms with Crippen molar-refractivity contribution >= 4 is 0 Å². The first-order valence-electron chi connectivity index (χ1n) is 3.82. The lowest BCUT2D eigenvalue weighted by atomic mass is 10.3. The van der Waals surface area contributed by atoms with Crippen LogP contribution in [-0.4, -0.2) is 15.0 Å². The van der Waals surface area contributed by atoms with Crippen LogP contribution in [0.5, 0.6) is 0 Å². The minimum absolute atomic E-state index is 0.209. The third kappa shape index (κ3) is 1.61. The first kappa shape index (κ1) is 7.67. The SMILES string of the molecule is O=c1cnc(-c2ccccn2)c[nH]1. The van der Waals surface area contributed by atoms with E-state index in [1.165, 1.54) is 6.20 Å². The van der Waals surface area contributed by atoms with Crippen molar-refractivity contribution in [1.82, 2.24) is 15.0 Å². The van der Waals surface area contributed by atoms with E-state index in [0.717, 1.165) is 5.69 Å². The largest absolute Gasteiger partial charge is 0.326 e. The molecule has 13 heavy (non-hydrogen) atoms. The van der Waals surface area contributed by atoms with Crippen LogP contribution in [0.3, 0.4) is 0 Å². The fourth-order valence-corrected chi connectivity index (χ4v) is 0.997. The summed E-state index contributed by atoms with van der Waals surface area (Å²) in [6.45, 7) is 0. The summed E-state index contributed by atoms with van der Waals surface area (Å²) in [7, 11) is 0. The fraction of sp³-hybridized carbons (Fsp3) is 0. The molecule has 0 radical (unpaired) electrons. The van der Waals surface area contributed by atoms with E-state index in [1.807, 2.05) is 18.2 Å². The Kier molecular flexibility index (Phi) is 1.88. The second-order valence-electron chi connectivity index (χ2n) is 2.51. The molecule has 4 nitrogen and oxygen atoms in total. The van der Waals surface area contributed by atoms with E-state index in [4.69, 9.17) is 0 Å². The van der Waals surface area contributed by atoms with E-state index in [9.17, 15) is 4.79 Å². The molecule has 0 aliphatic rings. The van der Waals surface area contributed by atoms with Crippen LogP contribution in [0.4, 0.5) is 0 Å². The summed E-state index contributed by atoms with van der Waals surface area (Å²) in [6.07, 6.45) is 4.47. The Morgan fingerprint density at radius 2 is 2.08 bits per heavy atom. The van der Waals surface area contributed by atoms with E-state index in [2.05, 4.69) is 15.0 Å². The van der Waals surface area contributed by atoms with Crippen LogP contribution >= 0.6 is 0 Å². The number of aromatic amines is 1. The molecule has 0 aliphatic carbocycles. The van der Waals surface area contributed by atoms with Gasteiger partial charge in [0.1, 0.15) is 5.69 Å². The quantitative estimate of drug-likeness (QED) is 0.694. The standard InChI is InChI=1S/C9H7N3O/c13-9-6-11-8(5-12-9)7-3-1-2-4-10-7/h1-6H,(H,12,13). The maximum Gasteiger partial charge on any atom is 0.266 e. The van der Waals surface area contributed by atoms with Gasteiger partial charge in [-0.15, -0.1) is 0 Å². The number of nitrogens with one attached hydrogen (secondary N) is 1. The first-order valence-corrected chi connectivity index (χ1v) is 3.82. The third-order valence-corrected chi connectivity index (χ3v) is 1.60. The average Bonchev–Trinajstić information content (AvgIpc) is 2.20. The molecule has 0 atom stereocenters. The molecule has 0 spiro atoms. The van der Waals surface area contributed by atoms with Crippen molar-refractivity contribution in [3.05, 3.63) is 47.1 Å². The Labute approximate surface area is 74.3 Å². The maximum absolute atomic E-state index is 10.7. The van der Waals surface area contributed by atoms with Crippen molar-refractivity contribution in [2.45, 2.75) is 0 Å². The molecule has 1 N–H and O–H groups in total. The molecule has 0 bridgehead atoms. The van der Waals surface area contributed by atoms with Crippen LogP contribution in [-0.2, 0) is 0 Å². The minimum atomic E-state index is -0.209. The van der Waals surface area contributed by atoms with E-state index < -0.39 is 0 Å². The molecule has 0 aromatic carbocycles. The van der Waals surface area contributed by atoms with Gasteiger partial charge in [0, 0.05) is 12.4 Å². The second-order valence-corrected chi connectivity index (χ2v) is 2.51. The van der Waals surface area contributed by atoms with Gasteiger partial charge in [-0.2, -0.15) is 0 Å². The smallest absolute Gasteiger partial charge is 0.266 e. The summed E-state index contributed by atoms with van der Waals surface area (Å²) < 4.78 is 0. The zero-order chi connectivity index (χ0) is 9.10. The maximum atomic E-state index is 10.7. The van der Waals surface area contributed by atoms with Gasteiger partial charge >= 0.3 is 0 Å². The van der Waals surface area contributed by atoms with Gasteiger partial charge < -0.3 is 4.98 Å². The number of hydrogen-bond donors (Lipinski definition) is 1. The van der Waals surface area contributed by atoms with Gasteiger partial charge in [-0.1, -0.05) is 6.07 Å². The molecular formula is C9H7N3O. The topological polar surface area (TPSA) is 58.6 Å². The number of aromatic nitrogens is 3. The molecule has 64 valence electrons. The van der Waals surface area contributed by atoms with Gasteiger partial charge in [0.05, 0.1) is 11.9 Å². The molecule has 0 aliphatic heterocycles. The molecule has 2 rings (SSSR count). The molecule has 4 heteroatoms. The highest BCUT2D eigenvalue weighted by molar-refractivity contribution is 5.51. The van der Waals surface area contributed by atoms with Crippen LogP contribution in [0.1, 0.15) is 0 Å². The lowest BCUT2D eigenvalue weighted by Crippen LogP contribution is -2.04. The number of H-pyrrole nitrogens is 1. The molecule has 2 aromatic rings. The Balaban J connectivity index is 2.48. The number of hydrogen-bond acceptors (Lipinski definition) is 3. The highest BCUT2D eigenvalue weighted by Gasteiger charge is 1.97. The Bertz CT molecular complexity index is 429. The fourth-order valence-electron chi connectivity index (χ4n) is 0.997. The zero-order valence-corrected chi connectivity index (χ0v) is 6.77. The Hall–Kier alpha value is -1.97. The van der Waals surface area contributed by atoms with Gasteiger partial charge in [-0.25, -0.2) is 4.98 Å². The van der Waals surface area contributed by atoms with Crippen LogP contribution in [0.25, 0.3) is 11.4 Å². The number of pyridine rings is 1. The van der Waals surface area contributed by atoms with Crippen LogP contribution in [0.15, 0.2) is 41.6 Å². The van der Waals surface area contributed by atoms with Crippen LogP contribution < -0.4 is 5.56 Å². The van der Waals surface area contributed by atoms with Gasteiger partial charge in [0.25, 0.3) is 5.56 Å². The van der Waals surface area contributed by atoms with Crippen LogP contribution in [0, 0.1) is 0 Å². The van der Waals surface area contributed by atoms with Crippen molar-refractivity contribution in [1.29, 1.82) is 0 Å². The summed E-state index contributed by atoms with van der Waals surface area (Å²) in [5.41, 5.74) is 1.21. The lowest BCUT2D eigenvalue weighted by molar-refractivity contribution is 1.13. The van der Waals surface area contributed by atoms with E-state index >= 15 is 0 Å². The summed E-state index contributed by atoms with van der Waals surface area (Å²) in [5, 5.41) is 0. The summed E-state index contributed by atoms with van der Waals surface area (Å²) >= 11 is 0. The van der Waals surface area contributed by atoms with Crippen molar-refractivity contribution in [3.63, 3.8) is 0 Å². The van der Waals surface area contributed by atoms with Crippen LogP contribution in [0.2, 0.25) is 0 Å². The predicted molar refractivity (Wildman–Crippen MR) is 48.1 cm³/mol. The monoisotopic (exact) mass is 173 g/mol. The van der Waals surface area contributed by atoms with Crippen molar-refractivity contribution in [2.75, 3.05) is 0 Å². The highest BCUT2D eigenvalue weighted by Crippen LogP contribution is 2.08. The molecule has 2 heterocycles. The van der Waals surface area contributed by atoms with Gasteiger partial charge in [0.2, 0.25) is 0 Å². The number of nitrogens with zero attached hydrogens (tertiary/aromatic N) is 2. The first-order chi connectivity index (χ1) is 6.36. The Morgan fingerprint density at radius 1 is 1.15 bits per heavy atom. The Morgan fingerprint density at radius 3 is 2.69 bits per heavy atom. The van der Waals surface area contributed by atoms with Crippen molar-refractivity contribution < 1.29 is 0 Å². The van der Waals surface area contributed by atoms with E-state index in [1.54, 1.807) is 12.4 Å². The molecular weight excluding hydrogens is 166 g/mol. The third-order valence-electron chi connectivity index (χ3n) is 1.60. The minimum Gasteiger partial charge on any atom is -0.326 e. The molecule has 0 amide bonds. The molecule has 0 saturated carbocycles. The molecule has 0 fully saturated rings. The molecule has 0 saturated heterocycles. The van der Waals surface area contributed by atoms with E-state index in [-0.39, 0.29) is 5.56 Å². The van der Waals surface area contributed by atoms with Gasteiger partial charge in [-0.05, 0) is 12.1 Å².